The maximum atomic E-state index is 12.4. The Morgan fingerprint density at radius 3 is 2.50 bits per heavy atom. The summed E-state index contributed by atoms with van der Waals surface area (Å²) in [5.74, 6) is -0.0700. The maximum Gasteiger partial charge on any atom is 0.243 e. The van der Waals surface area contributed by atoms with Crippen LogP contribution in [-0.2, 0) is 11.2 Å². The van der Waals surface area contributed by atoms with Crippen LogP contribution < -0.4 is 10.6 Å². The SMILES string of the molecule is Cc1cccc(N(C)C(=O)[C@@H](N)Cc2ccccc2)c1. The third-order valence-corrected chi connectivity index (χ3v) is 3.34. The van der Waals surface area contributed by atoms with Crippen molar-refractivity contribution >= 4 is 11.6 Å². The molecule has 0 aliphatic carbocycles. The van der Waals surface area contributed by atoms with Crippen molar-refractivity contribution < 1.29 is 4.79 Å². The van der Waals surface area contributed by atoms with Crippen molar-refractivity contribution in [1.29, 1.82) is 0 Å². The summed E-state index contributed by atoms with van der Waals surface area (Å²) in [6.45, 7) is 2.01. The summed E-state index contributed by atoms with van der Waals surface area (Å²) in [5, 5.41) is 0. The van der Waals surface area contributed by atoms with E-state index in [1.807, 2.05) is 61.5 Å². The molecule has 0 saturated carbocycles. The van der Waals surface area contributed by atoms with E-state index in [1.165, 1.54) is 0 Å². The smallest absolute Gasteiger partial charge is 0.243 e. The van der Waals surface area contributed by atoms with Gasteiger partial charge in [-0.1, -0.05) is 42.5 Å². The second-order valence-electron chi connectivity index (χ2n) is 5.03. The van der Waals surface area contributed by atoms with Gasteiger partial charge in [-0.25, -0.2) is 0 Å². The molecule has 0 bridgehead atoms. The molecule has 0 aliphatic heterocycles. The van der Waals surface area contributed by atoms with E-state index in [2.05, 4.69) is 0 Å². The highest BCUT2D eigenvalue weighted by molar-refractivity contribution is 5.96. The third-order valence-electron chi connectivity index (χ3n) is 3.34. The molecule has 2 N–H and O–H groups in total. The molecule has 20 heavy (non-hydrogen) atoms. The third kappa shape index (κ3) is 3.45. The molecular formula is C17H20N2O. The lowest BCUT2D eigenvalue weighted by atomic mass is 10.1. The Kier molecular flexibility index (Phi) is 4.53. The number of aryl methyl sites for hydroxylation is 1. The van der Waals surface area contributed by atoms with Crippen LogP contribution in [0.25, 0.3) is 0 Å². The molecule has 2 aromatic carbocycles. The minimum atomic E-state index is -0.525. The van der Waals surface area contributed by atoms with E-state index < -0.39 is 6.04 Å². The number of benzene rings is 2. The summed E-state index contributed by atoms with van der Waals surface area (Å²) in [6.07, 6.45) is 0.551. The van der Waals surface area contributed by atoms with Gasteiger partial charge in [-0.15, -0.1) is 0 Å². The van der Waals surface area contributed by atoms with Crippen molar-refractivity contribution in [2.24, 2.45) is 5.73 Å². The number of carbonyl (C=O) groups is 1. The second-order valence-corrected chi connectivity index (χ2v) is 5.03. The van der Waals surface area contributed by atoms with Crippen LogP contribution in [0.2, 0.25) is 0 Å². The van der Waals surface area contributed by atoms with Crippen LogP contribution in [0, 0.1) is 6.92 Å². The van der Waals surface area contributed by atoms with Crippen LogP contribution in [0.1, 0.15) is 11.1 Å². The molecular weight excluding hydrogens is 248 g/mol. The van der Waals surface area contributed by atoms with Crippen molar-refractivity contribution in [3.05, 3.63) is 65.7 Å². The summed E-state index contributed by atoms with van der Waals surface area (Å²) < 4.78 is 0. The first-order valence-corrected chi connectivity index (χ1v) is 6.71. The Balaban J connectivity index is 2.06. The van der Waals surface area contributed by atoms with E-state index in [-0.39, 0.29) is 5.91 Å². The number of amides is 1. The molecule has 0 aliphatic rings. The molecule has 104 valence electrons. The highest BCUT2D eigenvalue weighted by Gasteiger charge is 2.19. The van der Waals surface area contributed by atoms with Gasteiger partial charge < -0.3 is 10.6 Å². The molecule has 0 unspecified atom stereocenters. The van der Waals surface area contributed by atoms with Crippen LogP contribution in [0.3, 0.4) is 0 Å². The monoisotopic (exact) mass is 268 g/mol. The fraction of sp³-hybridized carbons (Fsp3) is 0.235. The topological polar surface area (TPSA) is 46.3 Å². The van der Waals surface area contributed by atoms with Crippen LogP contribution in [0.4, 0.5) is 5.69 Å². The number of likely N-dealkylation sites (N-methyl/N-ethyl adjacent to an activating group) is 1. The molecule has 0 saturated heterocycles. The van der Waals surface area contributed by atoms with Gasteiger partial charge in [-0.05, 0) is 36.6 Å². The normalized spacial score (nSPS) is 11.9. The number of nitrogens with zero attached hydrogens (tertiary/aromatic N) is 1. The molecule has 2 aromatic rings. The van der Waals surface area contributed by atoms with E-state index in [0.717, 1.165) is 16.8 Å². The quantitative estimate of drug-likeness (QED) is 0.926. The number of hydrogen-bond donors (Lipinski definition) is 1. The van der Waals surface area contributed by atoms with Crippen molar-refractivity contribution in [2.45, 2.75) is 19.4 Å². The summed E-state index contributed by atoms with van der Waals surface area (Å²) in [7, 11) is 1.77. The minimum Gasteiger partial charge on any atom is -0.320 e. The Morgan fingerprint density at radius 1 is 1.15 bits per heavy atom. The zero-order valence-electron chi connectivity index (χ0n) is 11.9. The average Bonchev–Trinajstić information content (AvgIpc) is 2.46. The summed E-state index contributed by atoms with van der Waals surface area (Å²) in [4.78, 5) is 14.0. The van der Waals surface area contributed by atoms with Gasteiger partial charge in [0.2, 0.25) is 5.91 Å². The molecule has 3 nitrogen and oxygen atoms in total. The van der Waals surface area contributed by atoms with E-state index in [1.54, 1.807) is 11.9 Å². The Bertz CT molecular complexity index is 581. The van der Waals surface area contributed by atoms with Gasteiger partial charge in [0.1, 0.15) is 0 Å². The first kappa shape index (κ1) is 14.3. The molecule has 1 atom stereocenters. The Hall–Kier alpha value is -2.13. The Labute approximate surface area is 120 Å². The summed E-state index contributed by atoms with van der Waals surface area (Å²) >= 11 is 0. The fourth-order valence-corrected chi connectivity index (χ4v) is 2.17. The summed E-state index contributed by atoms with van der Waals surface area (Å²) in [6, 6.07) is 17.2. The lowest BCUT2D eigenvalue weighted by Crippen LogP contribution is -2.43. The maximum absolute atomic E-state index is 12.4. The molecule has 0 fully saturated rings. The van der Waals surface area contributed by atoms with Gasteiger partial charge in [0.25, 0.3) is 0 Å². The number of rotatable bonds is 4. The van der Waals surface area contributed by atoms with Gasteiger partial charge in [0.15, 0.2) is 0 Å². The second kappa shape index (κ2) is 6.35. The highest BCUT2D eigenvalue weighted by atomic mass is 16.2. The molecule has 0 radical (unpaired) electrons. The predicted molar refractivity (Wildman–Crippen MR) is 82.7 cm³/mol. The van der Waals surface area contributed by atoms with Crippen molar-refractivity contribution in [3.63, 3.8) is 0 Å². The average molecular weight is 268 g/mol. The van der Waals surface area contributed by atoms with Crippen LogP contribution in [0.15, 0.2) is 54.6 Å². The number of hydrogen-bond acceptors (Lipinski definition) is 2. The van der Waals surface area contributed by atoms with E-state index in [9.17, 15) is 4.79 Å². The van der Waals surface area contributed by atoms with Gasteiger partial charge in [-0.3, -0.25) is 4.79 Å². The molecule has 1 amide bonds. The lowest BCUT2D eigenvalue weighted by molar-refractivity contribution is -0.119. The first-order chi connectivity index (χ1) is 9.58. The van der Waals surface area contributed by atoms with E-state index in [0.29, 0.717) is 6.42 Å². The van der Waals surface area contributed by atoms with Crippen LogP contribution >= 0.6 is 0 Å². The zero-order valence-corrected chi connectivity index (χ0v) is 11.9. The number of carbonyl (C=O) groups excluding carboxylic acids is 1. The number of nitrogens with two attached hydrogens (primary N) is 1. The van der Waals surface area contributed by atoms with Crippen molar-refractivity contribution in [2.75, 3.05) is 11.9 Å². The first-order valence-electron chi connectivity index (χ1n) is 6.71. The van der Waals surface area contributed by atoms with E-state index >= 15 is 0 Å². The van der Waals surface area contributed by atoms with Crippen molar-refractivity contribution in [3.8, 4) is 0 Å². The van der Waals surface area contributed by atoms with Crippen LogP contribution in [0.5, 0.6) is 0 Å². The Morgan fingerprint density at radius 2 is 1.85 bits per heavy atom. The van der Waals surface area contributed by atoms with Crippen LogP contribution in [-0.4, -0.2) is 19.0 Å². The largest absolute Gasteiger partial charge is 0.320 e. The molecule has 2 rings (SSSR count). The van der Waals surface area contributed by atoms with Crippen molar-refractivity contribution in [1.82, 2.24) is 0 Å². The zero-order chi connectivity index (χ0) is 14.5. The van der Waals surface area contributed by atoms with Gasteiger partial charge in [-0.2, -0.15) is 0 Å². The molecule has 0 heterocycles. The molecule has 0 spiro atoms. The van der Waals surface area contributed by atoms with Gasteiger partial charge in [0.05, 0.1) is 6.04 Å². The number of anilines is 1. The standard InChI is InChI=1S/C17H20N2O/c1-13-7-6-10-15(11-13)19(2)17(20)16(18)12-14-8-4-3-5-9-14/h3-11,16H,12,18H2,1-2H3/t16-/m0/s1. The van der Waals surface area contributed by atoms with E-state index in [4.69, 9.17) is 5.73 Å². The molecule has 3 heteroatoms. The minimum absolute atomic E-state index is 0.0700. The highest BCUT2D eigenvalue weighted by Crippen LogP contribution is 2.15. The fourth-order valence-electron chi connectivity index (χ4n) is 2.17. The molecule has 0 aromatic heterocycles. The predicted octanol–water partition coefficient (Wildman–Crippen LogP) is 2.53. The van der Waals surface area contributed by atoms with Gasteiger partial charge in [0, 0.05) is 12.7 Å². The lowest BCUT2D eigenvalue weighted by Gasteiger charge is -2.22. The summed E-state index contributed by atoms with van der Waals surface area (Å²) in [5.41, 5.74) is 9.11. The van der Waals surface area contributed by atoms with Gasteiger partial charge >= 0.3 is 0 Å².